The summed E-state index contributed by atoms with van der Waals surface area (Å²) in [6.45, 7) is 0.403. The Morgan fingerprint density at radius 1 is 1.46 bits per heavy atom. The summed E-state index contributed by atoms with van der Waals surface area (Å²) >= 11 is 0. The van der Waals surface area contributed by atoms with Crippen LogP contribution in [0.2, 0.25) is 0 Å². The van der Waals surface area contributed by atoms with Crippen LogP contribution in [0, 0.1) is 5.82 Å². The minimum atomic E-state index is -0.394. The normalized spacial score (nSPS) is 10.3. The topological polar surface area (TPSA) is 44.5 Å². The van der Waals surface area contributed by atoms with Crippen LogP contribution in [0.4, 0.5) is 10.1 Å². The molecular weight excluding hydrogens is 173 g/mol. The maximum Gasteiger partial charge on any atom is 0.146 e. The Hall–Kier alpha value is -1.13. The Morgan fingerprint density at radius 2 is 2.23 bits per heavy atom. The number of nitrogen functional groups attached to an aromatic ring is 1. The van der Waals surface area contributed by atoms with E-state index in [4.69, 9.17) is 5.73 Å². The molecular formula is C9H12FNO2. The van der Waals surface area contributed by atoms with Crippen molar-refractivity contribution in [3.63, 3.8) is 0 Å². The molecule has 0 aliphatic heterocycles. The van der Waals surface area contributed by atoms with E-state index in [1.807, 2.05) is 0 Å². The van der Waals surface area contributed by atoms with E-state index in [2.05, 4.69) is 9.78 Å². The second-order valence-electron chi connectivity index (χ2n) is 2.59. The number of anilines is 1. The molecule has 1 rings (SSSR count). The molecule has 0 aromatic heterocycles. The third-order valence-corrected chi connectivity index (χ3v) is 1.66. The molecule has 0 unspecified atom stereocenters. The fraction of sp³-hybridized carbons (Fsp3) is 0.333. The van der Waals surface area contributed by atoms with E-state index in [1.165, 1.54) is 19.2 Å². The first-order valence-corrected chi connectivity index (χ1v) is 3.93. The average molecular weight is 185 g/mol. The molecule has 0 bridgehead atoms. The van der Waals surface area contributed by atoms with Gasteiger partial charge in [-0.3, -0.25) is 0 Å². The predicted octanol–water partition coefficient (Wildman–Crippen LogP) is 1.53. The lowest BCUT2D eigenvalue weighted by molar-refractivity contribution is -0.271. The molecule has 72 valence electrons. The summed E-state index contributed by atoms with van der Waals surface area (Å²) in [6.07, 6.45) is 0.602. The lowest BCUT2D eigenvalue weighted by Crippen LogP contribution is -1.99. The Kier molecular flexibility index (Phi) is 3.67. The molecule has 4 heteroatoms. The summed E-state index contributed by atoms with van der Waals surface area (Å²) < 4.78 is 12.9. The molecule has 0 atom stereocenters. The van der Waals surface area contributed by atoms with Gasteiger partial charge in [0.05, 0.1) is 19.4 Å². The van der Waals surface area contributed by atoms with Gasteiger partial charge in [-0.1, -0.05) is 6.07 Å². The molecule has 0 radical (unpaired) electrons. The maximum atomic E-state index is 12.9. The third kappa shape index (κ3) is 3.01. The van der Waals surface area contributed by atoms with Gasteiger partial charge < -0.3 is 5.73 Å². The minimum Gasteiger partial charge on any atom is -0.396 e. The van der Waals surface area contributed by atoms with Crippen molar-refractivity contribution in [2.75, 3.05) is 19.5 Å². The van der Waals surface area contributed by atoms with E-state index in [1.54, 1.807) is 6.07 Å². The minimum absolute atomic E-state index is 0.163. The van der Waals surface area contributed by atoms with E-state index in [9.17, 15) is 4.39 Å². The maximum absolute atomic E-state index is 12.9. The van der Waals surface area contributed by atoms with Crippen molar-refractivity contribution in [3.8, 4) is 0 Å². The standard InChI is InChI=1S/C9H12FNO2/c1-12-13-5-4-7-2-3-9(11)8(10)6-7/h2-3,6H,4-5,11H2,1H3. The zero-order chi connectivity index (χ0) is 9.68. The van der Waals surface area contributed by atoms with Gasteiger partial charge in [0.25, 0.3) is 0 Å². The molecule has 3 nitrogen and oxygen atoms in total. The van der Waals surface area contributed by atoms with Gasteiger partial charge in [0.15, 0.2) is 0 Å². The largest absolute Gasteiger partial charge is 0.396 e. The molecule has 0 saturated carbocycles. The van der Waals surface area contributed by atoms with Gasteiger partial charge in [-0.15, -0.1) is 0 Å². The van der Waals surface area contributed by atoms with Crippen LogP contribution in [0.1, 0.15) is 5.56 Å². The van der Waals surface area contributed by atoms with Gasteiger partial charge in [-0.05, 0) is 24.1 Å². The SMILES string of the molecule is COOCCc1ccc(N)c(F)c1. The first kappa shape index (κ1) is 9.95. The summed E-state index contributed by atoms with van der Waals surface area (Å²) in [6, 6.07) is 4.70. The summed E-state index contributed by atoms with van der Waals surface area (Å²) in [5, 5.41) is 0. The number of nitrogens with two attached hydrogens (primary N) is 1. The summed E-state index contributed by atoms with van der Waals surface area (Å²) in [7, 11) is 1.43. The van der Waals surface area contributed by atoms with Crippen LogP contribution in [0.15, 0.2) is 18.2 Å². The first-order chi connectivity index (χ1) is 6.24. The van der Waals surface area contributed by atoms with Gasteiger partial charge in [-0.25, -0.2) is 14.2 Å². The molecule has 1 aromatic rings. The van der Waals surface area contributed by atoms with E-state index >= 15 is 0 Å². The number of halogens is 1. The molecule has 0 spiro atoms. The molecule has 0 aliphatic rings. The summed E-state index contributed by atoms with van der Waals surface area (Å²) in [5.41, 5.74) is 6.31. The lowest BCUT2D eigenvalue weighted by atomic mass is 10.1. The van der Waals surface area contributed by atoms with Crippen molar-refractivity contribution in [2.45, 2.75) is 6.42 Å². The predicted molar refractivity (Wildman–Crippen MR) is 47.5 cm³/mol. The fourth-order valence-electron chi connectivity index (χ4n) is 0.969. The number of benzene rings is 1. The zero-order valence-corrected chi connectivity index (χ0v) is 7.42. The van der Waals surface area contributed by atoms with Crippen LogP contribution in [0.5, 0.6) is 0 Å². The number of rotatable bonds is 4. The van der Waals surface area contributed by atoms with Crippen LogP contribution in [-0.4, -0.2) is 13.7 Å². The van der Waals surface area contributed by atoms with E-state index in [0.717, 1.165) is 5.56 Å². The summed E-state index contributed by atoms with van der Waals surface area (Å²) in [4.78, 5) is 9.05. The van der Waals surface area contributed by atoms with Crippen LogP contribution in [0.3, 0.4) is 0 Å². The highest BCUT2D eigenvalue weighted by Crippen LogP contribution is 2.12. The molecule has 2 N–H and O–H groups in total. The van der Waals surface area contributed by atoms with Crippen LogP contribution < -0.4 is 5.73 Å². The van der Waals surface area contributed by atoms with Crippen molar-refractivity contribution in [1.29, 1.82) is 0 Å². The summed E-state index contributed by atoms with van der Waals surface area (Å²) in [5.74, 6) is -0.394. The number of hydrogen-bond acceptors (Lipinski definition) is 3. The Balaban J connectivity index is 2.53. The molecule has 0 amide bonds. The van der Waals surface area contributed by atoms with E-state index in [-0.39, 0.29) is 5.69 Å². The Morgan fingerprint density at radius 3 is 2.85 bits per heavy atom. The highest BCUT2D eigenvalue weighted by Gasteiger charge is 1.99. The zero-order valence-electron chi connectivity index (χ0n) is 7.42. The van der Waals surface area contributed by atoms with Gasteiger partial charge in [0.2, 0.25) is 0 Å². The third-order valence-electron chi connectivity index (χ3n) is 1.66. The average Bonchev–Trinajstić information content (AvgIpc) is 2.12. The Labute approximate surface area is 76.2 Å². The van der Waals surface area contributed by atoms with Crippen LogP contribution in [0.25, 0.3) is 0 Å². The second kappa shape index (κ2) is 4.79. The fourth-order valence-corrected chi connectivity index (χ4v) is 0.969. The van der Waals surface area contributed by atoms with Gasteiger partial charge in [-0.2, -0.15) is 0 Å². The van der Waals surface area contributed by atoms with Gasteiger partial charge in [0.1, 0.15) is 5.82 Å². The van der Waals surface area contributed by atoms with Crippen molar-refractivity contribution in [2.24, 2.45) is 0 Å². The second-order valence-corrected chi connectivity index (χ2v) is 2.59. The smallest absolute Gasteiger partial charge is 0.146 e. The number of hydrogen-bond donors (Lipinski definition) is 1. The van der Waals surface area contributed by atoms with Crippen molar-refractivity contribution < 1.29 is 14.2 Å². The Bertz CT molecular complexity index is 278. The van der Waals surface area contributed by atoms with Gasteiger partial charge in [0, 0.05) is 0 Å². The van der Waals surface area contributed by atoms with Crippen molar-refractivity contribution >= 4 is 5.69 Å². The highest BCUT2D eigenvalue weighted by molar-refractivity contribution is 5.41. The molecule has 0 saturated heterocycles. The van der Waals surface area contributed by atoms with Gasteiger partial charge >= 0.3 is 0 Å². The lowest BCUT2D eigenvalue weighted by Gasteiger charge is -2.02. The van der Waals surface area contributed by atoms with E-state index < -0.39 is 5.82 Å². The molecule has 13 heavy (non-hydrogen) atoms. The van der Waals surface area contributed by atoms with Crippen molar-refractivity contribution in [1.82, 2.24) is 0 Å². The van der Waals surface area contributed by atoms with Crippen molar-refractivity contribution in [3.05, 3.63) is 29.6 Å². The van der Waals surface area contributed by atoms with E-state index in [0.29, 0.717) is 13.0 Å². The molecule has 1 aromatic carbocycles. The molecule has 0 heterocycles. The highest BCUT2D eigenvalue weighted by atomic mass is 19.1. The van der Waals surface area contributed by atoms with Crippen LogP contribution >= 0.6 is 0 Å². The molecule has 0 fully saturated rings. The van der Waals surface area contributed by atoms with Crippen LogP contribution in [-0.2, 0) is 16.2 Å². The first-order valence-electron chi connectivity index (χ1n) is 3.93. The molecule has 0 aliphatic carbocycles. The quantitative estimate of drug-likeness (QED) is 0.335. The monoisotopic (exact) mass is 185 g/mol.